The average molecular weight is 306 g/mol. The third-order valence-corrected chi connectivity index (χ3v) is 2.48. The lowest BCUT2D eigenvalue weighted by atomic mass is 10.2. The second-order valence-electron chi connectivity index (χ2n) is 4.27. The van der Waals surface area contributed by atoms with E-state index in [-0.39, 0.29) is 0 Å². The highest BCUT2D eigenvalue weighted by molar-refractivity contribution is 7.85. The van der Waals surface area contributed by atoms with Crippen molar-refractivity contribution in [3.8, 4) is 11.4 Å². The second kappa shape index (κ2) is 5.90. The molecule has 1 aromatic carbocycles. The van der Waals surface area contributed by atoms with Crippen LogP contribution in [0.15, 0.2) is 42.6 Å². The van der Waals surface area contributed by atoms with Crippen molar-refractivity contribution in [1.29, 1.82) is 0 Å². The molecule has 0 radical (unpaired) electrons. The number of nitrogens with two attached hydrogens (primary N) is 1. The molecule has 0 amide bonds. The fourth-order valence-corrected chi connectivity index (χ4v) is 1.68. The summed E-state index contributed by atoms with van der Waals surface area (Å²) >= 11 is 0. The van der Waals surface area contributed by atoms with Gasteiger partial charge in [-0.25, -0.2) is 9.97 Å². The monoisotopic (exact) mass is 306 g/mol. The highest BCUT2D eigenvalue weighted by Gasteiger charge is 2.06. The van der Waals surface area contributed by atoms with Gasteiger partial charge in [-0.15, -0.1) is 0 Å². The molecule has 0 fully saturated rings. The minimum absolute atomic E-state index is 0.505. The maximum absolute atomic E-state index is 9.19. The molecule has 2 aromatic heterocycles. The van der Waals surface area contributed by atoms with Crippen LogP contribution in [0.4, 0.5) is 5.82 Å². The summed E-state index contributed by atoms with van der Waals surface area (Å²) in [5.41, 5.74) is 7.60. The topological polar surface area (TPSA) is 122 Å². The Hall–Kier alpha value is -2.45. The molecule has 0 aliphatic carbocycles. The summed E-state index contributed by atoms with van der Waals surface area (Å²) in [5, 5.41) is 0.861. The highest BCUT2D eigenvalue weighted by Crippen LogP contribution is 2.21. The molecule has 0 atom stereocenters. The van der Waals surface area contributed by atoms with Gasteiger partial charge < -0.3 is 10.7 Å². The van der Waals surface area contributed by atoms with Crippen molar-refractivity contribution in [3.63, 3.8) is 0 Å². The fraction of sp³-hybridized carbons (Fsp3) is 0.0769. The smallest absolute Gasteiger partial charge is 0.261 e. The number of hydrogen-bond donors (Lipinski definition) is 3. The molecule has 3 aromatic rings. The number of aromatic amines is 1. The first-order valence-electron chi connectivity index (χ1n) is 5.93. The lowest BCUT2D eigenvalue weighted by Gasteiger charge is -2.01. The molecule has 0 aliphatic rings. The largest absolute Gasteiger partial charge is 0.383 e. The van der Waals surface area contributed by atoms with E-state index in [0.717, 1.165) is 16.6 Å². The van der Waals surface area contributed by atoms with Crippen LogP contribution in [0.1, 0.15) is 0 Å². The van der Waals surface area contributed by atoms with Crippen LogP contribution < -0.4 is 5.73 Å². The van der Waals surface area contributed by atoms with Crippen molar-refractivity contribution in [3.05, 3.63) is 42.6 Å². The SMILES string of the molecule is CS(=O)(=O)O.Nc1nc(-c2ccccc2)nc2[nH]ccc12. The Morgan fingerprint density at radius 3 is 2.38 bits per heavy atom. The molecule has 2 heterocycles. The van der Waals surface area contributed by atoms with E-state index in [0.29, 0.717) is 17.9 Å². The van der Waals surface area contributed by atoms with E-state index in [9.17, 15) is 8.42 Å². The third kappa shape index (κ3) is 4.26. The number of anilines is 1. The molecule has 7 nitrogen and oxygen atoms in total. The number of H-pyrrole nitrogens is 1. The number of nitrogens with one attached hydrogen (secondary N) is 1. The van der Waals surface area contributed by atoms with E-state index in [1.807, 2.05) is 42.6 Å². The Morgan fingerprint density at radius 1 is 1.14 bits per heavy atom. The highest BCUT2D eigenvalue weighted by atomic mass is 32.2. The van der Waals surface area contributed by atoms with Crippen LogP contribution >= 0.6 is 0 Å². The van der Waals surface area contributed by atoms with E-state index in [1.165, 1.54) is 0 Å². The number of nitrogens with zero attached hydrogens (tertiary/aromatic N) is 2. The molecule has 3 rings (SSSR count). The first-order valence-corrected chi connectivity index (χ1v) is 7.78. The van der Waals surface area contributed by atoms with E-state index < -0.39 is 10.1 Å². The van der Waals surface area contributed by atoms with Crippen molar-refractivity contribution in [2.75, 3.05) is 12.0 Å². The summed E-state index contributed by atoms with van der Waals surface area (Å²) in [6.07, 6.45) is 2.53. The maximum Gasteiger partial charge on any atom is 0.261 e. The molecule has 110 valence electrons. The van der Waals surface area contributed by atoms with Crippen LogP contribution in [0.3, 0.4) is 0 Å². The Labute approximate surface area is 121 Å². The van der Waals surface area contributed by atoms with Crippen molar-refractivity contribution in [2.24, 2.45) is 0 Å². The zero-order chi connectivity index (χ0) is 15.5. The predicted octanol–water partition coefficient (Wildman–Crippen LogP) is 1.71. The summed E-state index contributed by atoms with van der Waals surface area (Å²) in [4.78, 5) is 11.7. The standard InChI is InChI=1S/C12H10N4.CH4O3S/c13-10-9-6-7-14-12(9)16-11(15-10)8-4-2-1-3-5-8;1-5(2,3)4/h1-7H,(H3,13,14,15,16);1H3,(H,2,3,4). The van der Waals surface area contributed by atoms with Crippen molar-refractivity contribution in [2.45, 2.75) is 0 Å². The van der Waals surface area contributed by atoms with Gasteiger partial charge in [0.05, 0.1) is 11.6 Å². The minimum atomic E-state index is -3.67. The Morgan fingerprint density at radius 2 is 1.76 bits per heavy atom. The van der Waals surface area contributed by atoms with E-state index in [1.54, 1.807) is 0 Å². The Bertz CT molecular complexity index is 836. The molecular weight excluding hydrogens is 292 g/mol. The summed E-state index contributed by atoms with van der Waals surface area (Å²) in [7, 11) is -3.67. The molecule has 0 aliphatic heterocycles. The van der Waals surface area contributed by atoms with Crippen LogP contribution in [0.2, 0.25) is 0 Å². The summed E-state index contributed by atoms with van der Waals surface area (Å²) in [6, 6.07) is 11.7. The number of fused-ring (bicyclic) bond motifs is 1. The summed E-state index contributed by atoms with van der Waals surface area (Å²) in [5.74, 6) is 1.15. The molecule has 0 unspecified atom stereocenters. The van der Waals surface area contributed by atoms with E-state index in [4.69, 9.17) is 10.3 Å². The molecule has 0 saturated heterocycles. The lowest BCUT2D eigenvalue weighted by molar-refractivity contribution is 0.490. The normalized spacial score (nSPS) is 11.0. The second-order valence-corrected chi connectivity index (χ2v) is 5.74. The summed E-state index contributed by atoms with van der Waals surface area (Å²) < 4.78 is 25.9. The van der Waals surface area contributed by atoms with E-state index >= 15 is 0 Å². The Kier molecular flexibility index (Phi) is 4.20. The van der Waals surface area contributed by atoms with Gasteiger partial charge in [-0.05, 0) is 6.07 Å². The fourth-order valence-electron chi connectivity index (χ4n) is 1.68. The quantitative estimate of drug-likeness (QED) is 0.588. The van der Waals surface area contributed by atoms with Crippen LogP contribution in [0, 0.1) is 0 Å². The molecule has 21 heavy (non-hydrogen) atoms. The molecule has 4 N–H and O–H groups in total. The van der Waals surface area contributed by atoms with Gasteiger partial charge in [-0.2, -0.15) is 8.42 Å². The average Bonchev–Trinajstić information content (AvgIpc) is 2.86. The van der Waals surface area contributed by atoms with Crippen molar-refractivity contribution in [1.82, 2.24) is 15.0 Å². The zero-order valence-electron chi connectivity index (χ0n) is 11.2. The van der Waals surface area contributed by atoms with E-state index in [2.05, 4.69) is 15.0 Å². The lowest BCUT2D eigenvalue weighted by Crippen LogP contribution is -1.96. The van der Waals surface area contributed by atoms with Gasteiger partial charge in [0.1, 0.15) is 11.5 Å². The van der Waals surface area contributed by atoms with Gasteiger partial charge in [0.15, 0.2) is 5.82 Å². The van der Waals surface area contributed by atoms with Crippen molar-refractivity contribution < 1.29 is 13.0 Å². The first-order chi connectivity index (χ1) is 9.84. The number of benzene rings is 1. The maximum atomic E-state index is 9.19. The van der Waals surface area contributed by atoms with Gasteiger partial charge in [0.25, 0.3) is 10.1 Å². The zero-order valence-corrected chi connectivity index (χ0v) is 12.0. The molecule has 0 saturated carbocycles. The number of nitrogen functional groups attached to an aromatic ring is 1. The Balaban J connectivity index is 0.000000282. The predicted molar refractivity (Wildman–Crippen MR) is 81.2 cm³/mol. The third-order valence-electron chi connectivity index (χ3n) is 2.48. The van der Waals surface area contributed by atoms with Crippen molar-refractivity contribution >= 4 is 27.0 Å². The van der Waals surface area contributed by atoms with Gasteiger partial charge in [0, 0.05) is 11.8 Å². The molecule has 0 bridgehead atoms. The molecular formula is C13H14N4O3S. The number of hydrogen-bond acceptors (Lipinski definition) is 5. The van der Waals surface area contributed by atoms with Crippen LogP contribution in [0.25, 0.3) is 22.4 Å². The van der Waals surface area contributed by atoms with Gasteiger partial charge in [-0.3, -0.25) is 4.55 Å². The van der Waals surface area contributed by atoms with Gasteiger partial charge in [0.2, 0.25) is 0 Å². The minimum Gasteiger partial charge on any atom is -0.383 e. The number of rotatable bonds is 1. The summed E-state index contributed by atoms with van der Waals surface area (Å²) in [6.45, 7) is 0. The first kappa shape index (κ1) is 14.9. The molecule has 0 spiro atoms. The van der Waals surface area contributed by atoms with Crippen LogP contribution in [0.5, 0.6) is 0 Å². The van der Waals surface area contributed by atoms with Crippen LogP contribution in [-0.4, -0.2) is 34.2 Å². The molecule has 8 heteroatoms. The van der Waals surface area contributed by atoms with Crippen LogP contribution in [-0.2, 0) is 10.1 Å². The van der Waals surface area contributed by atoms with Gasteiger partial charge in [-0.1, -0.05) is 30.3 Å². The number of aromatic nitrogens is 3. The van der Waals surface area contributed by atoms with Gasteiger partial charge >= 0.3 is 0 Å².